The van der Waals surface area contributed by atoms with Crippen molar-refractivity contribution in [2.45, 2.75) is 19.8 Å². The van der Waals surface area contributed by atoms with E-state index in [0.717, 1.165) is 36.3 Å². The third kappa shape index (κ3) is 5.52. The summed E-state index contributed by atoms with van der Waals surface area (Å²) >= 11 is 3.50. The van der Waals surface area contributed by atoms with Crippen molar-refractivity contribution in [1.82, 2.24) is 0 Å². The average molecular weight is 302 g/mol. The van der Waals surface area contributed by atoms with Gasteiger partial charge in [-0.05, 0) is 53.5 Å². The fourth-order valence-corrected chi connectivity index (χ4v) is 2.01. The highest BCUT2D eigenvalue weighted by atomic mass is 79.9. The summed E-state index contributed by atoms with van der Waals surface area (Å²) in [5, 5.41) is 0. The maximum absolute atomic E-state index is 5.66. The zero-order valence-electron chi connectivity index (χ0n) is 10.2. The van der Waals surface area contributed by atoms with Crippen LogP contribution in [-0.4, -0.2) is 26.4 Å². The molecule has 0 spiro atoms. The standard InChI is InChI=1S/C13H20BrNO2/c1-2-16-8-3-9-17-13-5-4-11(6-7-15)10-12(13)14/h4-5,10H,2-3,6-9,15H2,1H3. The van der Waals surface area contributed by atoms with Crippen molar-refractivity contribution in [1.29, 1.82) is 0 Å². The van der Waals surface area contributed by atoms with Crippen LogP contribution in [0.2, 0.25) is 0 Å². The van der Waals surface area contributed by atoms with Crippen LogP contribution in [0.4, 0.5) is 0 Å². The molecule has 0 aromatic heterocycles. The Kier molecular flexibility index (Phi) is 7.24. The third-order valence-electron chi connectivity index (χ3n) is 2.32. The first-order valence-corrected chi connectivity index (χ1v) is 6.76. The van der Waals surface area contributed by atoms with E-state index in [2.05, 4.69) is 28.1 Å². The van der Waals surface area contributed by atoms with Crippen molar-refractivity contribution in [2.75, 3.05) is 26.4 Å². The number of hydrogen-bond donors (Lipinski definition) is 1. The number of ether oxygens (including phenoxy) is 2. The van der Waals surface area contributed by atoms with Gasteiger partial charge >= 0.3 is 0 Å². The van der Waals surface area contributed by atoms with E-state index in [1.165, 1.54) is 5.56 Å². The second-order valence-electron chi connectivity index (χ2n) is 3.70. The topological polar surface area (TPSA) is 44.5 Å². The van der Waals surface area contributed by atoms with Gasteiger partial charge in [-0.3, -0.25) is 0 Å². The summed E-state index contributed by atoms with van der Waals surface area (Å²) in [4.78, 5) is 0. The molecule has 96 valence electrons. The number of halogens is 1. The van der Waals surface area contributed by atoms with Gasteiger partial charge < -0.3 is 15.2 Å². The molecule has 0 radical (unpaired) electrons. The highest BCUT2D eigenvalue weighted by Crippen LogP contribution is 2.26. The fraction of sp³-hybridized carbons (Fsp3) is 0.538. The first-order chi connectivity index (χ1) is 8.27. The lowest BCUT2D eigenvalue weighted by molar-refractivity contribution is 0.130. The van der Waals surface area contributed by atoms with Gasteiger partial charge in [-0.25, -0.2) is 0 Å². The van der Waals surface area contributed by atoms with Crippen LogP contribution < -0.4 is 10.5 Å². The Labute approximate surface area is 111 Å². The Morgan fingerprint density at radius 2 is 2.12 bits per heavy atom. The Bertz CT molecular complexity index is 331. The van der Waals surface area contributed by atoms with E-state index in [4.69, 9.17) is 15.2 Å². The summed E-state index contributed by atoms with van der Waals surface area (Å²) in [6.45, 7) is 4.85. The second kappa shape index (κ2) is 8.50. The minimum atomic E-state index is 0.668. The summed E-state index contributed by atoms with van der Waals surface area (Å²) in [5.41, 5.74) is 6.74. The minimum absolute atomic E-state index is 0.668. The molecule has 0 saturated heterocycles. The molecule has 4 heteroatoms. The molecule has 1 aromatic rings. The lowest BCUT2D eigenvalue weighted by Crippen LogP contribution is -2.04. The average Bonchev–Trinajstić information content (AvgIpc) is 2.32. The third-order valence-corrected chi connectivity index (χ3v) is 2.94. The molecule has 0 saturated carbocycles. The lowest BCUT2D eigenvalue weighted by Gasteiger charge is -2.09. The quantitative estimate of drug-likeness (QED) is 0.751. The largest absolute Gasteiger partial charge is 0.492 e. The van der Waals surface area contributed by atoms with Gasteiger partial charge in [0.15, 0.2) is 0 Å². The van der Waals surface area contributed by atoms with Crippen LogP contribution in [0.3, 0.4) is 0 Å². The molecule has 0 unspecified atom stereocenters. The SMILES string of the molecule is CCOCCCOc1ccc(CCN)cc1Br. The van der Waals surface area contributed by atoms with Crippen molar-refractivity contribution >= 4 is 15.9 Å². The van der Waals surface area contributed by atoms with E-state index >= 15 is 0 Å². The van der Waals surface area contributed by atoms with Gasteiger partial charge in [-0.2, -0.15) is 0 Å². The van der Waals surface area contributed by atoms with Crippen LogP contribution in [0.1, 0.15) is 18.9 Å². The lowest BCUT2D eigenvalue weighted by atomic mass is 10.1. The molecule has 3 nitrogen and oxygen atoms in total. The Morgan fingerprint density at radius 1 is 1.29 bits per heavy atom. The minimum Gasteiger partial charge on any atom is -0.492 e. The molecule has 2 N–H and O–H groups in total. The Morgan fingerprint density at radius 3 is 2.76 bits per heavy atom. The van der Waals surface area contributed by atoms with Crippen molar-refractivity contribution in [2.24, 2.45) is 5.73 Å². The maximum atomic E-state index is 5.66. The second-order valence-corrected chi connectivity index (χ2v) is 4.56. The van der Waals surface area contributed by atoms with Crippen molar-refractivity contribution in [3.8, 4) is 5.75 Å². The van der Waals surface area contributed by atoms with Crippen LogP contribution >= 0.6 is 15.9 Å². The molecule has 1 rings (SSSR count). The molecule has 0 heterocycles. The Balaban J connectivity index is 2.38. The van der Waals surface area contributed by atoms with Gasteiger partial charge in [-0.1, -0.05) is 6.07 Å². The molecular weight excluding hydrogens is 282 g/mol. The molecule has 0 fully saturated rings. The summed E-state index contributed by atoms with van der Waals surface area (Å²) < 4.78 is 11.9. The zero-order chi connectivity index (χ0) is 12.5. The normalized spacial score (nSPS) is 10.5. The van der Waals surface area contributed by atoms with Gasteiger partial charge in [0.2, 0.25) is 0 Å². The van der Waals surface area contributed by atoms with Crippen LogP contribution in [-0.2, 0) is 11.2 Å². The van der Waals surface area contributed by atoms with E-state index in [1.54, 1.807) is 0 Å². The number of hydrogen-bond acceptors (Lipinski definition) is 3. The molecule has 0 bridgehead atoms. The van der Waals surface area contributed by atoms with E-state index < -0.39 is 0 Å². The monoisotopic (exact) mass is 301 g/mol. The van der Waals surface area contributed by atoms with Crippen LogP contribution in [0.5, 0.6) is 5.75 Å². The predicted molar refractivity (Wildman–Crippen MR) is 73.5 cm³/mol. The molecular formula is C13H20BrNO2. The number of benzene rings is 1. The van der Waals surface area contributed by atoms with Gasteiger partial charge in [0.1, 0.15) is 5.75 Å². The molecule has 0 amide bonds. The molecule has 1 aromatic carbocycles. The molecule has 0 aliphatic heterocycles. The smallest absolute Gasteiger partial charge is 0.133 e. The fourth-order valence-electron chi connectivity index (χ4n) is 1.47. The van der Waals surface area contributed by atoms with E-state index in [0.29, 0.717) is 13.2 Å². The molecule has 0 aliphatic rings. The summed E-state index contributed by atoms with van der Waals surface area (Å²) in [6.07, 6.45) is 1.80. The van der Waals surface area contributed by atoms with Crippen molar-refractivity contribution in [3.63, 3.8) is 0 Å². The van der Waals surface area contributed by atoms with E-state index in [-0.39, 0.29) is 0 Å². The zero-order valence-corrected chi connectivity index (χ0v) is 11.8. The summed E-state index contributed by atoms with van der Waals surface area (Å²) in [7, 11) is 0. The first-order valence-electron chi connectivity index (χ1n) is 5.97. The Hall–Kier alpha value is -0.580. The summed E-state index contributed by atoms with van der Waals surface area (Å²) in [6, 6.07) is 6.09. The van der Waals surface area contributed by atoms with Crippen LogP contribution in [0.15, 0.2) is 22.7 Å². The van der Waals surface area contributed by atoms with Gasteiger partial charge in [0.25, 0.3) is 0 Å². The van der Waals surface area contributed by atoms with Crippen molar-refractivity contribution in [3.05, 3.63) is 28.2 Å². The van der Waals surface area contributed by atoms with Crippen molar-refractivity contribution < 1.29 is 9.47 Å². The highest BCUT2D eigenvalue weighted by Gasteiger charge is 2.02. The van der Waals surface area contributed by atoms with E-state index in [9.17, 15) is 0 Å². The predicted octanol–water partition coefficient (Wildman–Crippen LogP) is 2.76. The van der Waals surface area contributed by atoms with Gasteiger partial charge in [0.05, 0.1) is 11.1 Å². The van der Waals surface area contributed by atoms with E-state index in [1.807, 2.05) is 13.0 Å². The number of nitrogens with two attached hydrogens (primary N) is 1. The first kappa shape index (κ1) is 14.5. The van der Waals surface area contributed by atoms with Gasteiger partial charge in [0, 0.05) is 19.6 Å². The molecule has 0 atom stereocenters. The highest BCUT2D eigenvalue weighted by molar-refractivity contribution is 9.10. The van der Waals surface area contributed by atoms with Crippen LogP contribution in [0.25, 0.3) is 0 Å². The molecule has 0 aliphatic carbocycles. The number of rotatable bonds is 8. The van der Waals surface area contributed by atoms with Gasteiger partial charge in [-0.15, -0.1) is 0 Å². The maximum Gasteiger partial charge on any atom is 0.133 e. The molecule has 17 heavy (non-hydrogen) atoms. The summed E-state index contributed by atoms with van der Waals surface area (Å²) in [5.74, 6) is 0.877. The van der Waals surface area contributed by atoms with Crippen LogP contribution in [0, 0.1) is 0 Å².